The van der Waals surface area contributed by atoms with Gasteiger partial charge in [-0.3, -0.25) is 14.9 Å². The van der Waals surface area contributed by atoms with Crippen LogP contribution in [-0.4, -0.2) is 30.0 Å². The van der Waals surface area contributed by atoms with E-state index < -0.39 is 12.0 Å². The van der Waals surface area contributed by atoms with Crippen molar-refractivity contribution in [2.24, 2.45) is 5.73 Å². The van der Waals surface area contributed by atoms with Crippen LogP contribution in [0.25, 0.3) is 0 Å². The lowest BCUT2D eigenvalue weighted by Crippen LogP contribution is -2.19. The maximum Gasteiger partial charge on any atom is 0.413 e. The molecule has 0 aliphatic rings. The summed E-state index contributed by atoms with van der Waals surface area (Å²) in [5, 5.41) is 7.00. The molecule has 2 rings (SSSR count). The predicted molar refractivity (Wildman–Crippen MR) is 85.4 cm³/mol. The average molecular weight is 334 g/mol. The van der Waals surface area contributed by atoms with E-state index in [1.807, 2.05) is 0 Å². The van der Waals surface area contributed by atoms with Crippen LogP contribution in [0, 0.1) is 0 Å². The zero-order valence-corrected chi connectivity index (χ0v) is 13.0. The average Bonchev–Trinajstić information content (AvgIpc) is 2.94. The molecule has 120 valence electrons. The molecule has 9 heteroatoms. The first-order chi connectivity index (χ1) is 11.0. The monoisotopic (exact) mass is 334 g/mol. The number of nitrogens with zero attached hydrogens (tertiary/aromatic N) is 1. The largest absolute Gasteiger partial charge is 0.453 e. The highest BCUT2D eigenvalue weighted by molar-refractivity contribution is 7.13. The topological polar surface area (TPSA) is 123 Å². The van der Waals surface area contributed by atoms with Gasteiger partial charge >= 0.3 is 6.09 Å². The summed E-state index contributed by atoms with van der Waals surface area (Å²) in [4.78, 5) is 38.5. The lowest BCUT2D eigenvalue weighted by molar-refractivity contribution is -0.115. The molecule has 1 aromatic carbocycles. The minimum Gasteiger partial charge on any atom is -0.453 e. The molecule has 4 N–H and O–H groups in total. The van der Waals surface area contributed by atoms with E-state index in [-0.39, 0.29) is 17.9 Å². The van der Waals surface area contributed by atoms with Crippen molar-refractivity contribution in [1.82, 2.24) is 4.98 Å². The number of hydrogen-bond donors (Lipinski definition) is 3. The number of nitrogens with one attached hydrogen (secondary N) is 2. The van der Waals surface area contributed by atoms with Crippen LogP contribution in [0.3, 0.4) is 0 Å². The molecule has 0 aliphatic carbocycles. The summed E-state index contributed by atoms with van der Waals surface area (Å²) in [7, 11) is 1.24. The van der Waals surface area contributed by atoms with Crippen LogP contribution < -0.4 is 16.4 Å². The Morgan fingerprint density at radius 1 is 1.26 bits per heavy atom. The highest BCUT2D eigenvalue weighted by Gasteiger charge is 2.13. The maximum absolute atomic E-state index is 12.0. The van der Waals surface area contributed by atoms with E-state index >= 15 is 0 Å². The molecule has 0 saturated carbocycles. The molecule has 0 bridgehead atoms. The molecule has 2 aromatic rings. The van der Waals surface area contributed by atoms with Crippen molar-refractivity contribution < 1.29 is 19.1 Å². The van der Waals surface area contributed by atoms with Gasteiger partial charge in [-0.05, 0) is 12.1 Å². The molecule has 0 aliphatic heterocycles. The number of aromatic nitrogens is 1. The molecule has 0 radical (unpaired) electrons. The quantitative estimate of drug-likeness (QED) is 0.766. The van der Waals surface area contributed by atoms with Crippen molar-refractivity contribution in [2.75, 3.05) is 17.7 Å². The summed E-state index contributed by atoms with van der Waals surface area (Å²) < 4.78 is 4.45. The summed E-state index contributed by atoms with van der Waals surface area (Å²) in [5.41, 5.74) is 6.30. The molecule has 0 saturated heterocycles. The molecule has 3 amide bonds. The van der Waals surface area contributed by atoms with E-state index in [9.17, 15) is 14.4 Å². The molecular weight excluding hydrogens is 320 g/mol. The van der Waals surface area contributed by atoms with Crippen molar-refractivity contribution in [1.29, 1.82) is 0 Å². The van der Waals surface area contributed by atoms with Gasteiger partial charge in [0, 0.05) is 5.38 Å². The number of rotatable bonds is 5. The van der Waals surface area contributed by atoms with Crippen LogP contribution in [-0.2, 0) is 16.0 Å². The minimum atomic E-state index is -0.634. The van der Waals surface area contributed by atoms with Gasteiger partial charge in [-0.1, -0.05) is 12.1 Å². The van der Waals surface area contributed by atoms with Gasteiger partial charge in [0.2, 0.25) is 5.91 Å². The number of anilines is 2. The van der Waals surface area contributed by atoms with E-state index in [2.05, 4.69) is 20.4 Å². The SMILES string of the molecule is COC(=O)Nc1nc(CC(=O)Nc2ccccc2C(N)=O)cs1. The number of nitrogens with two attached hydrogens (primary N) is 1. The number of ether oxygens (including phenoxy) is 1. The molecule has 8 nitrogen and oxygen atoms in total. The van der Waals surface area contributed by atoms with Crippen LogP contribution in [0.1, 0.15) is 16.1 Å². The number of thiazole rings is 1. The van der Waals surface area contributed by atoms with E-state index in [4.69, 9.17) is 5.73 Å². The zero-order valence-electron chi connectivity index (χ0n) is 12.2. The summed E-state index contributed by atoms with van der Waals surface area (Å²) in [6.07, 6.45) is -0.641. The summed E-state index contributed by atoms with van der Waals surface area (Å²) >= 11 is 1.17. The molecule has 0 unspecified atom stereocenters. The third kappa shape index (κ3) is 4.51. The van der Waals surface area contributed by atoms with Gasteiger partial charge in [0.05, 0.1) is 30.5 Å². The standard InChI is InChI=1S/C14H14N4O4S/c1-22-14(21)18-13-16-8(7-23-13)6-11(19)17-10-5-3-2-4-9(10)12(15)20/h2-5,7H,6H2,1H3,(H2,15,20)(H,17,19)(H,16,18,21). The number of carbonyl (C=O) groups excluding carboxylic acids is 3. The highest BCUT2D eigenvalue weighted by atomic mass is 32.1. The van der Waals surface area contributed by atoms with E-state index in [1.165, 1.54) is 24.5 Å². The molecular formula is C14H14N4O4S. The Bertz CT molecular complexity index is 744. The second-order valence-corrected chi connectivity index (χ2v) is 5.25. The van der Waals surface area contributed by atoms with Gasteiger partial charge in [-0.25, -0.2) is 9.78 Å². The number of methoxy groups -OCH3 is 1. The Balaban J connectivity index is 2.00. The normalized spacial score (nSPS) is 9.96. The number of hydrogen-bond acceptors (Lipinski definition) is 6. The van der Waals surface area contributed by atoms with Crippen LogP contribution in [0.4, 0.5) is 15.6 Å². The maximum atomic E-state index is 12.0. The Kier molecular flexibility index (Phi) is 5.26. The number of para-hydroxylation sites is 1. The van der Waals surface area contributed by atoms with Gasteiger partial charge in [0.25, 0.3) is 5.91 Å². The third-order valence-corrected chi connectivity index (χ3v) is 3.56. The third-order valence-electron chi connectivity index (χ3n) is 2.75. The first kappa shape index (κ1) is 16.4. The van der Waals surface area contributed by atoms with Crippen molar-refractivity contribution in [3.8, 4) is 0 Å². The fourth-order valence-electron chi connectivity index (χ4n) is 1.75. The Hall–Kier alpha value is -2.94. The molecule has 0 fully saturated rings. The van der Waals surface area contributed by atoms with Gasteiger partial charge in [0.1, 0.15) is 0 Å². The van der Waals surface area contributed by atoms with E-state index in [0.717, 1.165) is 0 Å². The van der Waals surface area contributed by atoms with Gasteiger partial charge < -0.3 is 15.8 Å². The van der Waals surface area contributed by atoms with Crippen LogP contribution in [0.15, 0.2) is 29.6 Å². The van der Waals surface area contributed by atoms with Crippen LogP contribution >= 0.6 is 11.3 Å². The zero-order chi connectivity index (χ0) is 16.8. The molecule has 1 aromatic heterocycles. The summed E-state index contributed by atoms with van der Waals surface area (Å²) in [5.74, 6) is -0.979. The number of amides is 3. The van der Waals surface area contributed by atoms with Crippen molar-refractivity contribution in [2.45, 2.75) is 6.42 Å². The first-order valence-corrected chi connectivity index (χ1v) is 7.35. The number of primary amides is 1. The minimum absolute atomic E-state index is 0.00749. The van der Waals surface area contributed by atoms with Crippen molar-refractivity contribution in [3.63, 3.8) is 0 Å². The van der Waals surface area contributed by atoms with Crippen molar-refractivity contribution in [3.05, 3.63) is 40.9 Å². The van der Waals surface area contributed by atoms with E-state index in [1.54, 1.807) is 23.6 Å². The number of carbonyl (C=O) groups is 3. The highest BCUT2D eigenvalue weighted by Crippen LogP contribution is 2.18. The Morgan fingerprint density at radius 3 is 2.70 bits per heavy atom. The molecule has 23 heavy (non-hydrogen) atoms. The Morgan fingerprint density at radius 2 is 2.00 bits per heavy atom. The molecule has 1 heterocycles. The molecule has 0 atom stereocenters. The van der Waals surface area contributed by atoms with Crippen LogP contribution in [0.2, 0.25) is 0 Å². The first-order valence-electron chi connectivity index (χ1n) is 6.47. The Labute approximate surface area is 135 Å². The fraction of sp³-hybridized carbons (Fsp3) is 0.143. The van der Waals surface area contributed by atoms with Crippen molar-refractivity contribution >= 4 is 40.1 Å². The van der Waals surface area contributed by atoms with Gasteiger partial charge in [-0.2, -0.15) is 0 Å². The number of benzene rings is 1. The van der Waals surface area contributed by atoms with Gasteiger partial charge in [0.15, 0.2) is 5.13 Å². The predicted octanol–water partition coefficient (Wildman–Crippen LogP) is 1.60. The fourth-order valence-corrected chi connectivity index (χ4v) is 2.45. The second kappa shape index (κ2) is 7.36. The molecule has 0 spiro atoms. The summed E-state index contributed by atoms with van der Waals surface area (Å²) in [6, 6.07) is 6.45. The summed E-state index contributed by atoms with van der Waals surface area (Å²) in [6.45, 7) is 0. The smallest absolute Gasteiger partial charge is 0.413 e. The second-order valence-electron chi connectivity index (χ2n) is 4.40. The lowest BCUT2D eigenvalue weighted by Gasteiger charge is -2.07. The lowest BCUT2D eigenvalue weighted by atomic mass is 10.1. The van der Waals surface area contributed by atoms with Crippen LogP contribution in [0.5, 0.6) is 0 Å². The van der Waals surface area contributed by atoms with E-state index in [0.29, 0.717) is 16.5 Å². The van der Waals surface area contributed by atoms with Gasteiger partial charge in [-0.15, -0.1) is 11.3 Å².